The van der Waals surface area contributed by atoms with Crippen molar-refractivity contribution in [3.63, 3.8) is 0 Å². The molecular formula is C43H35Si-. The van der Waals surface area contributed by atoms with Gasteiger partial charge in [0.05, 0.1) is 0 Å². The largest absolute Gasteiger partial charge is 0.237 e. The van der Waals surface area contributed by atoms with Crippen molar-refractivity contribution in [2.24, 2.45) is 0 Å². The van der Waals surface area contributed by atoms with Crippen molar-refractivity contribution in [3.05, 3.63) is 208 Å². The lowest BCUT2D eigenvalue weighted by molar-refractivity contribution is 0.915. The zero-order chi connectivity index (χ0) is 29.9. The van der Waals surface area contributed by atoms with Crippen LogP contribution in [0.2, 0.25) is 0 Å². The summed E-state index contributed by atoms with van der Waals surface area (Å²) in [6.45, 7) is 6.95. The molecule has 2 unspecified atom stereocenters. The Morgan fingerprint density at radius 1 is 0.409 bits per heavy atom. The van der Waals surface area contributed by atoms with E-state index in [1.165, 1.54) is 61.2 Å². The maximum atomic E-state index is 2.45. The fourth-order valence-corrected chi connectivity index (χ4v) is 13.9. The van der Waals surface area contributed by atoms with Crippen molar-refractivity contribution >= 4 is 25.1 Å². The van der Waals surface area contributed by atoms with E-state index < -0.39 is 8.80 Å². The average molecular weight is 580 g/mol. The highest BCUT2D eigenvalue weighted by atomic mass is 28.3. The minimum absolute atomic E-state index is 0.324. The van der Waals surface area contributed by atoms with Crippen LogP contribution in [0.25, 0.3) is 11.1 Å². The summed E-state index contributed by atoms with van der Waals surface area (Å²) in [5.41, 5.74) is 15.4. The van der Waals surface area contributed by atoms with Crippen molar-refractivity contribution in [2.75, 3.05) is 0 Å². The molecule has 1 heteroatoms. The first-order chi connectivity index (χ1) is 21.6. The van der Waals surface area contributed by atoms with Gasteiger partial charge in [0.2, 0.25) is 0 Å². The maximum Gasteiger partial charge on any atom is -0.0238 e. The Hall–Kier alpha value is -4.72. The molecule has 6 aromatic rings. The normalized spacial score (nSPS) is 20.2. The second-order valence-electron chi connectivity index (χ2n) is 12.4. The molecule has 6 aromatic carbocycles. The molecule has 0 amide bonds. The topological polar surface area (TPSA) is 0 Å². The molecule has 0 spiro atoms. The van der Waals surface area contributed by atoms with Crippen LogP contribution in [0.15, 0.2) is 158 Å². The highest BCUT2D eigenvalue weighted by molar-refractivity contribution is 6.88. The van der Waals surface area contributed by atoms with Gasteiger partial charge in [0.25, 0.3) is 0 Å². The van der Waals surface area contributed by atoms with Gasteiger partial charge in [-0.2, -0.15) is 5.19 Å². The average Bonchev–Trinajstić information content (AvgIpc) is 3.49. The van der Waals surface area contributed by atoms with E-state index in [0.717, 1.165) is 0 Å². The third-order valence-corrected chi connectivity index (χ3v) is 14.4. The summed E-state index contributed by atoms with van der Waals surface area (Å²) in [6, 6.07) is 59.7. The van der Waals surface area contributed by atoms with Crippen LogP contribution in [0.1, 0.15) is 50.1 Å². The standard InChI is InChI=1S/C43H35Si/c1-30-28-31(2)41(32(3)29-30)44-42(35-22-12-6-13-23-35)37-26-16-17-27-38(37)43(44,36-24-14-7-15-25-36)40(34-20-10-5-11-21-34)39(42)33-18-8-4-9-19-33/h4-29H,1-3H3/q-1. The van der Waals surface area contributed by atoms with E-state index in [2.05, 4.69) is 178 Å². The first-order valence-corrected chi connectivity index (χ1v) is 17.1. The van der Waals surface area contributed by atoms with Gasteiger partial charge in [-0.25, -0.2) is 8.80 Å². The molecule has 0 radical (unpaired) electrons. The number of aryl methyl sites for hydroxylation is 3. The summed E-state index contributed by atoms with van der Waals surface area (Å²) in [5, 5.41) is 0.912. The highest BCUT2D eigenvalue weighted by Gasteiger charge is 2.61. The third-order valence-electron chi connectivity index (χ3n) is 9.95. The van der Waals surface area contributed by atoms with Crippen LogP contribution >= 0.6 is 0 Å². The molecule has 0 nitrogen and oxygen atoms in total. The lowest BCUT2D eigenvalue weighted by Crippen LogP contribution is -2.57. The molecule has 0 aliphatic carbocycles. The molecule has 0 saturated heterocycles. The van der Waals surface area contributed by atoms with E-state index in [4.69, 9.17) is 0 Å². The van der Waals surface area contributed by atoms with Gasteiger partial charge in [-0.3, -0.25) is 0 Å². The van der Waals surface area contributed by atoms with Crippen LogP contribution in [0, 0.1) is 20.8 Å². The van der Waals surface area contributed by atoms with Gasteiger partial charge in [-0.05, 0) is 31.9 Å². The molecule has 2 atom stereocenters. The molecule has 44 heavy (non-hydrogen) atoms. The molecule has 8 rings (SSSR count). The molecule has 0 aromatic heterocycles. The second-order valence-corrected chi connectivity index (χ2v) is 15.2. The van der Waals surface area contributed by atoms with E-state index in [-0.39, 0.29) is 10.1 Å². The Bertz CT molecular complexity index is 1880. The van der Waals surface area contributed by atoms with Gasteiger partial charge < -0.3 is 0 Å². The molecule has 0 saturated carbocycles. The predicted octanol–water partition coefficient (Wildman–Crippen LogP) is 9.30. The quantitative estimate of drug-likeness (QED) is 0.179. The number of rotatable bonds is 5. The Balaban J connectivity index is 1.68. The monoisotopic (exact) mass is 579 g/mol. The first kappa shape index (κ1) is 26.9. The van der Waals surface area contributed by atoms with E-state index in [1.807, 2.05) is 0 Å². The number of hydrogen-bond acceptors (Lipinski definition) is 0. The minimum atomic E-state index is -1.56. The second kappa shape index (κ2) is 10.2. The van der Waals surface area contributed by atoms with Gasteiger partial charge in [0.15, 0.2) is 0 Å². The Morgan fingerprint density at radius 2 is 0.750 bits per heavy atom. The smallest absolute Gasteiger partial charge is 0.0238 e. The fraction of sp³-hybridized carbons (Fsp3) is 0.116. The summed E-state index contributed by atoms with van der Waals surface area (Å²) < 4.78 is 0. The van der Waals surface area contributed by atoms with Crippen LogP contribution in [0.4, 0.5) is 0 Å². The maximum absolute atomic E-state index is 2.45. The third kappa shape index (κ3) is 3.51. The molecule has 2 aliphatic rings. The highest BCUT2D eigenvalue weighted by Crippen LogP contribution is 2.71. The van der Waals surface area contributed by atoms with Crippen molar-refractivity contribution in [1.82, 2.24) is 0 Å². The van der Waals surface area contributed by atoms with Crippen LogP contribution in [-0.4, -0.2) is 8.80 Å². The number of fused-ring (bicyclic) bond motifs is 5. The van der Waals surface area contributed by atoms with Gasteiger partial charge >= 0.3 is 0 Å². The predicted molar refractivity (Wildman–Crippen MR) is 187 cm³/mol. The summed E-state index contributed by atoms with van der Waals surface area (Å²) in [5.74, 6) is 0. The molecular weight excluding hydrogens is 545 g/mol. The molecule has 2 heterocycles. The van der Waals surface area contributed by atoms with Crippen LogP contribution in [0.5, 0.6) is 0 Å². The van der Waals surface area contributed by atoms with Gasteiger partial charge in [-0.15, -0.1) is 0 Å². The van der Waals surface area contributed by atoms with Crippen LogP contribution in [-0.2, 0) is 10.1 Å². The summed E-state index contributed by atoms with van der Waals surface area (Å²) in [6.07, 6.45) is 0. The zero-order valence-electron chi connectivity index (χ0n) is 25.5. The fourth-order valence-electron chi connectivity index (χ4n) is 8.73. The number of benzene rings is 6. The van der Waals surface area contributed by atoms with Crippen molar-refractivity contribution in [3.8, 4) is 0 Å². The van der Waals surface area contributed by atoms with E-state index >= 15 is 0 Å². The summed E-state index contributed by atoms with van der Waals surface area (Å²) in [4.78, 5) is 0. The van der Waals surface area contributed by atoms with Crippen molar-refractivity contribution in [2.45, 2.75) is 30.8 Å². The lowest BCUT2D eigenvalue weighted by atomic mass is 9.65. The minimum Gasteiger partial charge on any atom is -0.237 e. The van der Waals surface area contributed by atoms with Gasteiger partial charge in [0, 0.05) is 0 Å². The van der Waals surface area contributed by atoms with Gasteiger partial charge in [-0.1, -0.05) is 218 Å². The van der Waals surface area contributed by atoms with Crippen molar-refractivity contribution in [1.29, 1.82) is 0 Å². The Morgan fingerprint density at radius 3 is 1.14 bits per heavy atom. The molecule has 2 bridgehead atoms. The SMILES string of the molecule is Cc1cc(C)c([Si-]2C3(c4ccccc4)C(c4ccccc4)=C(c4ccccc4)C2(c2ccccc2)c2ccccc23)c(C)c1. The lowest BCUT2D eigenvalue weighted by Gasteiger charge is -2.53. The molecule has 0 N–H and O–H groups in total. The Labute approximate surface area is 263 Å². The Kier molecular flexibility index (Phi) is 6.22. The van der Waals surface area contributed by atoms with Crippen LogP contribution < -0.4 is 5.19 Å². The number of hydrogen-bond donors (Lipinski definition) is 0. The molecule has 0 fully saturated rings. The molecule has 212 valence electrons. The van der Waals surface area contributed by atoms with E-state index in [9.17, 15) is 0 Å². The van der Waals surface area contributed by atoms with Crippen molar-refractivity contribution < 1.29 is 0 Å². The summed E-state index contributed by atoms with van der Waals surface area (Å²) in [7, 11) is -1.56. The van der Waals surface area contributed by atoms with E-state index in [1.54, 1.807) is 5.19 Å². The van der Waals surface area contributed by atoms with E-state index in [0.29, 0.717) is 0 Å². The summed E-state index contributed by atoms with van der Waals surface area (Å²) >= 11 is 0. The number of allylic oxidation sites excluding steroid dienone is 2. The zero-order valence-corrected chi connectivity index (χ0v) is 26.5. The van der Waals surface area contributed by atoms with Gasteiger partial charge in [0.1, 0.15) is 0 Å². The first-order valence-electron chi connectivity index (χ1n) is 15.6. The molecule has 2 aliphatic heterocycles. The van der Waals surface area contributed by atoms with Crippen LogP contribution in [0.3, 0.4) is 0 Å².